The molecule has 0 aliphatic heterocycles. The van der Waals surface area contributed by atoms with Gasteiger partial charge in [-0.1, -0.05) is 64.4 Å². The Morgan fingerprint density at radius 1 is 1.06 bits per heavy atom. The summed E-state index contributed by atoms with van der Waals surface area (Å²) in [7, 11) is 0. The predicted molar refractivity (Wildman–Crippen MR) is 129 cm³/mol. The van der Waals surface area contributed by atoms with Crippen molar-refractivity contribution < 1.29 is 0 Å². The van der Waals surface area contributed by atoms with Crippen LogP contribution in [0.3, 0.4) is 0 Å². The van der Waals surface area contributed by atoms with Crippen molar-refractivity contribution in [1.82, 2.24) is 35.2 Å². The summed E-state index contributed by atoms with van der Waals surface area (Å²) in [6, 6.07) is 11.9. The highest BCUT2D eigenvalue weighted by atomic mass is 16.1. The summed E-state index contributed by atoms with van der Waals surface area (Å²) >= 11 is 0. The number of hydrogen-bond donors (Lipinski definition) is 2. The molecule has 8 nitrogen and oxygen atoms in total. The summed E-state index contributed by atoms with van der Waals surface area (Å²) in [4.78, 5) is 20.7. The zero-order chi connectivity index (χ0) is 23.4. The molecule has 1 aromatic carbocycles. The molecule has 0 aliphatic rings. The van der Waals surface area contributed by atoms with Crippen molar-refractivity contribution in [3.8, 4) is 22.6 Å². The minimum Gasteiger partial charge on any atom is -0.310 e. The summed E-state index contributed by atoms with van der Waals surface area (Å²) in [6.07, 6.45) is 5.72. The third-order valence-electron chi connectivity index (χ3n) is 5.61. The van der Waals surface area contributed by atoms with Crippen LogP contribution in [0.2, 0.25) is 0 Å². The van der Waals surface area contributed by atoms with Crippen LogP contribution in [0.5, 0.6) is 0 Å². The average Bonchev–Trinajstić information content (AvgIpc) is 3.41. The molecule has 3 heterocycles. The van der Waals surface area contributed by atoms with Gasteiger partial charge in [-0.2, -0.15) is 5.21 Å². The molecule has 0 spiro atoms. The molecule has 3 aromatic heterocycles. The summed E-state index contributed by atoms with van der Waals surface area (Å²) < 4.78 is 1.88. The topological polar surface area (TPSA) is 105 Å². The number of aromatic nitrogens is 7. The van der Waals surface area contributed by atoms with Crippen molar-refractivity contribution in [3.63, 3.8) is 0 Å². The lowest BCUT2D eigenvalue weighted by molar-refractivity contribution is 0.404. The maximum absolute atomic E-state index is 12.8. The molecule has 4 aromatic rings. The number of nitrogens with one attached hydrogen (secondary N) is 2. The Balaban J connectivity index is 1.63. The third-order valence-corrected chi connectivity index (χ3v) is 5.61. The highest BCUT2D eigenvalue weighted by Crippen LogP contribution is 2.28. The Labute approximate surface area is 193 Å². The molecule has 0 amide bonds. The summed E-state index contributed by atoms with van der Waals surface area (Å²) in [5, 5.41) is 14.4. The molecule has 0 bridgehead atoms. The first kappa shape index (κ1) is 22.6. The highest BCUT2D eigenvalue weighted by Gasteiger charge is 2.20. The molecule has 0 saturated carbocycles. The van der Waals surface area contributed by atoms with Gasteiger partial charge in [0.1, 0.15) is 0 Å². The number of nitrogens with zero attached hydrogens (tertiary/aromatic N) is 5. The second kappa shape index (κ2) is 9.52. The zero-order valence-electron chi connectivity index (χ0n) is 19.7. The van der Waals surface area contributed by atoms with Crippen LogP contribution >= 0.6 is 0 Å². The number of pyridine rings is 1. The van der Waals surface area contributed by atoms with E-state index in [4.69, 9.17) is 4.98 Å². The monoisotopic (exact) mass is 445 g/mol. The summed E-state index contributed by atoms with van der Waals surface area (Å²) in [6.45, 7) is 9.26. The molecule has 0 fully saturated rings. The van der Waals surface area contributed by atoms with Crippen molar-refractivity contribution >= 4 is 0 Å². The van der Waals surface area contributed by atoms with Gasteiger partial charge in [0.2, 0.25) is 5.82 Å². The first-order valence-corrected chi connectivity index (χ1v) is 11.4. The van der Waals surface area contributed by atoms with E-state index in [2.05, 4.69) is 53.3 Å². The van der Waals surface area contributed by atoms with Gasteiger partial charge in [0, 0.05) is 28.7 Å². The number of hydrogen-bond acceptors (Lipinski definition) is 5. The van der Waals surface area contributed by atoms with Crippen LogP contribution in [0.15, 0.2) is 47.4 Å². The van der Waals surface area contributed by atoms with Crippen LogP contribution in [-0.2, 0) is 19.4 Å². The van der Waals surface area contributed by atoms with E-state index >= 15 is 0 Å². The third kappa shape index (κ3) is 5.27. The van der Waals surface area contributed by atoms with Crippen LogP contribution in [0.4, 0.5) is 0 Å². The van der Waals surface area contributed by atoms with Gasteiger partial charge in [-0.25, -0.2) is 4.79 Å². The number of aromatic amines is 2. The number of H-pyrrole nitrogens is 2. The molecule has 0 unspecified atom stereocenters. The summed E-state index contributed by atoms with van der Waals surface area (Å²) in [5.74, 6) is 0.530. The highest BCUT2D eigenvalue weighted by molar-refractivity contribution is 5.78. The molecular formula is C25H31N7O. The Morgan fingerprint density at radius 3 is 2.48 bits per heavy atom. The van der Waals surface area contributed by atoms with Gasteiger partial charge in [0.15, 0.2) is 0 Å². The van der Waals surface area contributed by atoms with Crippen molar-refractivity contribution in [2.24, 2.45) is 5.41 Å². The Morgan fingerprint density at radius 2 is 1.85 bits per heavy atom. The molecule has 0 aliphatic carbocycles. The van der Waals surface area contributed by atoms with E-state index in [1.54, 1.807) is 0 Å². The Bertz CT molecular complexity index is 1250. The number of rotatable bonds is 8. The maximum Gasteiger partial charge on any atom is 0.326 e. The van der Waals surface area contributed by atoms with E-state index in [9.17, 15) is 4.79 Å². The van der Waals surface area contributed by atoms with Crippen LogP contribution < -0.4 is 5.69 Å². The first-order chi connectivity index (χ1) is 15.9. The van der Waals surface area contributed by atoms with E-state index in [-0.39, 0.29) is 11.1 Å². The van der Waals surface area contributed by atoms with Gasteiger partial charge in [-0.15, -0.1) is 10.2 Å². The van der Waals surface area contributed by atoms with E-state index in [0.29, 0.717) is 12.4 Å². The summed E-state index contributed by atoms with van der Waals surface area (Å²) in [5.41, 5.74) is 5.82. The second-order valence-electron chi connectivity index (χ2n) is 9.62. The van der Waals surface area contributed by atoms with Crippen LogP contribution in [0.25, 0.3) is 22.6 Å². The minimum atomic E-state index is -0.0492. The SMILES string of the molecule is CCCCc1c(CC(C)(C)C)[nH]c(=O)n1Cc1ccc(-c2ccccc2-c2nn[nH]n2)nc1. The molecular weight excluding hydrogens is 414 g/mol. The van der Waals surface area contributed by atoms with Crippen molar-refractivity contribution in [3.05, 3.63) is 70.0 Å². The number of tetrazole rings is 1. The van der Waals surface area contributed by atoms with Crippen molar-refractivity contribution in [2.45, 2.75) is 59.9 Å². The number of benzene rings is 1. The standard InChI is InChI=1S/C25H31N7O/c1-5-6-11-22-21(14-25(2,3)4)27-24(33)32(22)16-17-12-13-20(26-15-17)18-9-7-8-10-19(18)23-28-30-31-29-23/h7-10,12-13,15H,5-6,11,14,16H2,1-4H3,(H,27,33)(H,28,29,30,31). The van der Waals surface area contributed by atoms with Crippen LogP contribution in [-0.4, -0.2) is 35.2 Å². The molecule has 8 heteroatoms. The number of unbranched alkanes of at least 4 members (excludes halogenated alkanes) is 1. The van der Waals surface area contributed by atoms with Crippen molar-refractivity contribution in [1.29, 1.82) is 0 Å². The van der Waals surface area contributed by atoms with Gasteiger partial charge in [0.25, 0.3) is 0 Å². The van der Waals surface area contributed by atoms with Gasteiger partial charge < -0.3 is 4.98 Å². The van der Waals surface area contributed by atoms with Gasteiger partial charge in [-0.3, -0.25) is 9.55 Å². The smallest absolute Gasteiger partial charge is 0.310 e. The molecule has 172 valence electrons. The largest absolute Gasteiger partial charge is 0.326 e. The Hall–Kier alpha value is -3.55. The predicted octanol–water partition coefficient (Wildman–Crippen LogP) is 4.40. The fraction of sp³-hybridized carbons (Fsp3) is 0.400. The fourth-order valence-corrected chi connectivity index (χ4v) is 4.07. The lowest BCUT2D eigenvalue weighted by Gasteiger charge is -2.18. The second-order valence-corrected chi connectivity index (χ2v) is 9.62. The quantitative estimate of drug-likeness (QED) is 0.418. The minimum absolute atomic E-state index is 0.0492. The van der Waals surface area contributed by atoms with E-state index in [1.165, 1.54) is 0 Å². The first-order valence-electron chi connectivity index (χ1n) is 11.4. The maximum atomic E-state index is 12.8. The van der Waals surface area contributed by atoms with Crippen LogP contribution in [0.1, 0.15) is 57.5 Å². The molecule has 2 N–H and O–H groups in total. The fourth-order valence-electron chi connectivity index (χ4n) is 4.07. The van der Waals surface area contributed by atoms with Crippen LogP contribution in [0, 0.1) is 5.41 Å². The normalized spacial score (nSPS) is 11.8. The average molecular weight is 446 g/mol. The molecule has 33 heavy (non-hydrogen) atoms. The number of imidazole rings is 1. The van der Waals surface area contributed by atoms with Gasteiger partial charge in [-0.05, 0) is 41.5 Å². The lowest BCUT2D eigenvalue weighted by Crippen LogP contribution is -2.19. The van der Waals surface area contributed by atoms with Gasteiger partial charge in [0.05, 0.1) is 12.2 Å². The lowest BCUT2D eigenvalue weighted by atomic mass is 9.89. The molecule has 0 atom stereocenters. The van der Waals surface area contributed by atoms with Crippen molar-refractivity contribution in [2.75, 3.05) is 0 Å². The van der Waals surface area contributed by atoms with E-state index in [0.717, 1.165) is 59.5 Å². The van der Waals surface area contributed by atoms with Gasteiger partial charge >= 0.3 is 5.69 Å². The molecule has 4 rings (SSSR count). The zero-order valence-corrected chi connectivity index (χ0v) is 19.7. The Kier molecular flexibility index (Phi) is 6.53. The van der Waals surface area contributed by atoms with E-state index in [1.807, 2.05) is 47.2 Å². The van der Waals surface area contributed by atoms with E-state index < -0.39 is 0 Å². The molecule has 0 saturated heterocycles. The molecule has 0 radical (unpaired) electrons.